The van der Waals surface area contributed by atoms with Crippen LogP contribution in [0.2, 0.25) is 0 Å². The molecular weight excluding hydrogens is 426 g/mol. The summed E-state index contributed by atoms with van der Waals surface area (Å²) in [6.07, 6.45) is 6.77. The predicted molar refractivity (Wildman–Crippen MR) is 125 cm³/mol. The van der Waals surface area contributed by atoms with Gasteiger partial charge in [-0.2, -0.15) is 4.31 Å². The molecule has 32 heavy (non-hydrogen) atoms. The van der Waals surface area contributed by atoms with Crippen molar-refractivity contribution < 1.29 is 17.6 Å². The van der Waals surface area contributed by atoms with Crippen LogP contribution in [0.3, 0.4) is 0 Å². The smallest absolute Gasteiger partial charge is 0.247 e. The number of hydrogen-bond acceptors (Lipinski definition) is 5. The lowest BCUT2D eigenvalue weighted by Crippen LogP contribution is -2.45. The molecule has 3 rings (SSSR count). The maximum atomic E-state index is 13.1. The van der Waals surface area contributed by atoms with Crippen molar-refractivity contribution in [1.82, 2.24) is 14.1 Å². The monoisotopic (exact) mass is 459 g/mol. The van der Waals surface area contributed by atoms with Crippen LogP contribution in [0.1, 0.15) is 38.0 Å². The van der Waals surface area contributed by atoms with Crippen LogP contribution in [0.15, 0.2) is 58.1 Å². The highest BCUT2D eigenvalue weighted by Gasteiger charge is 2.26. The minimum atomic E-state index is -3.49. The van der Waals surface area contributed by atoms with Gasteiger partial charge in [0.2, 0.25) is 15.9 Å². The Labute approximate surface area is 191 Å². The largest absolute Gasteiger partial charge is 0.467 e. The molecule has 0 atom stereocenters. The van der Waals surface area contributed by atoms with Gasteiger partial charge in [-0.25, -0.2) is 8.42 Å². The number of hydrogen-bond donors (Lipinski definition) is 0. The van der Waals surface area contributed by atoms with Gasteiger partial charge in [0, 0.05) is 25.2 Å². The Morgan fingerprint density at radius 2 is 1.78 bits per heavy atom. The van der Waals surface area contributed by atoms with Gasteiger partial charge in [0.1, 0.15) is 5.76 Å². The average molecular weight is 460 g/mol. The van der Waals surface area contributed by atoms with E-state index in [-0.39, 0.29) is 16.8 Å². The molecule has 0 unspecified atom stereocenters. The molecule has 1 amide bonds. The highest BCUT2D eigenvalue weighted by Crippen LogP contribution is 2.20. The Balaban J connectivity index is 1.73. The van der Waals surface area contributed by atoms with Crippen molar-refractivity contribution in [3.63, 3.8) is 0 Å². The fourth-order valence-corrected chi connectivity index (χ4v) is 5.45. The number of carbonyl (C=O) groups excluding carboxylic acids is 1. The topological polar surface area (TPSA) is 74.1 Å². The normalized spacial score (nSPS) is 16.1. The van der Waals surface area contributed by atoms with Gasteiger partial charge >= 0.3 is 0 Å². The van der Waals surface area contributed by atoms with E-state index in [2.05, 4.69) is 11.9 Å². The Morgan fingerprint density at radius 1 is 1.12 bits per heavy atom. The van der Waals surface area contributed by atoms with E-state index in [1.807, 2.05) is 30.9 Å². The van der Waals surface area contributed by atoms with Crippen LogP contribution in [-0.4, -0.2) is 67.7 Å². The third-order valence-corrected chi connectivity index (χ3v) is 8.02. The molecule has 7 nitrogen and oxygen atoms in total. The highest BCUT2D eigenvalue weighted by molar-refractivity contribution is 7.89. The summed E-state index contributed by atoms with van der Waals surface area (Å²) in [5, 5.41) is 0. The summed E-state index contributed by atoms with van der Waals surface area (Å²) >= 11 is 0. The first-order valence-electron chi connectivity index (χ1n) is 11.1. The predicted octanol–water partition coefficient (Wildman–Crippen LogP) is 3.45. The summed E-state index contributed by atoms with van der Waals surface area (Å²) < 4.78 is 32.2. The lowest BCUT2D eigenvalue weighted by atomic mass is 10.0. The summed E-state index contributed by atoms with van der Waals surface area (Å²) in [5.41, 5.74) is 0.776. The second-order valence-corrected chi connectivity index (χ2v) is 10.0. The van der Waals surface area contributed by atoms with Crippen molar-refractivity contribution in [1.29, 1.82) is 0 Å². The number of benzene rings is 1. The van der Waals surface area contributed by atoms with Crippen molar-refractivity contribution in [3.8, 4) is 0 Å². The lowest BCUT2D eigenvalue weighted by molar-refractivity contribution is -0.130. The van der Waals surface area contributed by atoms with Crippen LogP contribution in [0.25, 0.3) is 6.08 Å². The number of piperidine rings is 1. The van der Waals surface area contributed by atoms with E-state index in [1.54, 1.807) is 42.7 Å². The number of nitrogens with zero attached hydrogens (tertiary/aromatic N) is 3. The fourth-order valence-electron chi connectivity index (χ4n) is 3.99. The third-order valence-electron chi connectivity index (χ3n) is 5.96. The van der Waals surface area contributed by atoms with E-state index in [1.165, 1.54) is 4.31 Å². The first kappa shape index (κ1) is 24.2. The van der Waals surface area contributed by atoms with Crippen LogP contribution < -0.4 is 0 Å². The molecule has 1 fully saturated rings. The van der Waals surface area contributed by atoms with Gasteiger partial charge < -0.3 is 14.2 Å². The van der Waals surface area contributed by atoms with Crippen LogP contribution in [-0.2, 0) is 21.4 Å². The molecule has 0 spiro atoms. The third kappa shape index (κ3) is 5.88. The second-order valence-electron chi connectivity index (χ2n) is 8.07. The van der Waals surface area contributed by atoms with E-state index in [0.29, 0.717) is 19.6 Å². The molecule has 0 saturated carbocycles. The molecular formula is C24H33N3O4S. The lowest BCUT2D eigenvalue weighted by Gasteiger charge is -2.36. The number of rotatable bonds is 9. The maximum Gasteiger partial charge on any atom is 0.247 e. The van der Waals surface area contributed by atoms with Gasteiger partial charge in [-0.3, -0.25) is 4.79 Å². The zero-order valence-electron chi connectivity index (χ0n) is 19.1. The summed E-state index contributed by atoms with van der Waals surface area (Å²) in [6, 6.07) is 10.5. The molecule has 0 radical (unpaired) electrons. The Bertz CT molecular complexity index is 988. The molecule has 2 aromatic rings. The minimum absolute atomic E-state index is 0.0733. The van der Waals surface area contributed by atoms with Gasteiger partial charge in [0.25, 0.3) is 0 Å². The SMILES string of the molecule is CCN(CC)S(=O)(=O)c1ccc(/C=C/C(=O)N(Cc2ccco2)C2CCN(C)CC2)cc1. The minimum Gasteiger partial charge on any atom is -0.467 e. The van der Waals surface area contributed by atoms with Crippen molar-refractivity contribution in [2.24, 2.45) is 0 Å². The number of carbonyl (C=O) groups is 1. The van der Waals surface area contributed by atoms with E-state index < -0.39 is 10.0 Å². The summed E-state index contributed by atoms with van der Waals surface area (Å²) in [4.78, 5) is 17.5. The molecule has 174 valence electrons. The van der Waals surface area contributed by atoms with Gasteiger partial charge in [0.15, 0.2) is 0 Å². The van der Waals surface area contributed by atoms with Gasteiger partial charge in [-0.05, 0) is 68.9 Å². The number of sulfonamides is 1. The Hall–Kier alpha value is -2.42. The molecule has 2 heterocycles. The number of furan rings is 1. The molecule has 1 aliphatic heterocycles. The van der Waals surface area contributed by atoms with Crippen LogP contribution >= 0.6 is 0 Å². The zero-order valence-corrected chi connectivity index (χ0v) is 19.9. The molecule has 1 aliphatic rings. The summed E-state index contributed by atoms with van der Waals surface area (Å²) in [5.74, 6) is 0.687. The molecule has 0 bridgehead atoms. The molecule has 0 N–H and O–H groups in total. The fraction of sp³-hybridized carbons (Fsp3) is 0.458. The summed E-state index contributed by atoms with van der Waals surface area (Å²) in [6.45, 7) is 6.85. The first-order chi connectivity index (χ1) is 15.3. The Kier molecular flexibility index (Phi) is 8.28. The highest BCUT2D eigenvalue weighted by atomic mass is 32.2. The molecule has 0 aliphatic carbocycles. The zero-order chi connectivity index (χ0) is 23.1. The quantitative estimate of drug-likeness (QED) is 0.537. The van der Waals surface area contributed by atoms with Crippen LogP contribution in [0, 0.1) is 0 Å². The second kappa shape index (κ2) is 10.9. The molecule has 1 saturated heterocycles. The molecule has 1 aromatic heterocycles. The van der Waals surface area contributed by atoms with Crippen LogP contribution in [0.5, 0.6) is 0 Å². The standard InChI is InChI=1S/C24H33N3O4S/c1-4-26(5-2)32(29,30)23-11-8-20(9-12-23)10-13-24(28)27(19-22-7-6-18-31-22)21-14-16-25(3)17-15-21/h6-13,18,21H,4-5,14-17,19H2,1-3H3/b13-10+. The van der Waals surface area contributed by atoms with E-state index in [9.17, 15) is 13.2 Å². The van der Waals surface area contributed by atoms with Crippen molar-refractivity contribution in [2.75, 3.05) is 33.2 Å². The number of amides is 1. The van der Waals surface area contributed by atoms with E-state index in [0.717, 1.165) is 37.3 Å². The van der Waals surface area contributed by atoms with Crippen molar-refractivity contribution in [3.05, 3.63) is 60.1 Å². The van der Waals surface area contributed by atoms with Gasteiger partial charge in [0.05, 0.1) is 17.7 Å². The average Bonchev–Trinajstić information content (AvgIpc) is 3.31. The van der Waals surface area contributed by atoms with Crippen molar-refractivity contribution >= 4 is 22.0 Å². The van der Waals surface area contributed by atoms with Gasteiger partial charge in [-0.15, -0.1) is 0 Å². The molecule has 8 heteroatoms. The van der Waals surface area contributed by atoms with E-state index >= 15 is 0 Å². The summed E-state index contributed by atoms with van der Waals surface area (Å²) in [7, 11) is -1.39. The Morgan fingerprint density at radius 3 is 2.34 bits per heavy atom. The van der Waals surface area contributed by atoms with E-state index in [4.69, 9.17) is 4.42 Å². The maximum absolute atomic E-state index is 13.1. The number of likely N-dealkylation sites (tertiary alicyclic amines) is 1. The first-order valence-corrected chi connectivity index (χ1v) is 12.6. The van der Waals surface area contributed by atoms with Crippen molar-refractivity contribution in [2.45, 2.75) is 44.2 Å². The van der Waals surface area contributed by atoms with Crippen LogP contribution in [0.4, 0.5) is 0 Å². The van der Waals surface area contributed by atoms with Gasteiger partial charge in [-0.1, -0.05) is 26.0 Å². The molecule has 1 aromatic carbocycles.